The first-order valence-electron chi connectivity index (χ1n) is 8.91. The first-order chi connectivity index (χ1) is 10.9. The number of aromatic amines is 2. The van der Waals surface area contributed by atoms with E-state index in [4.69, 9.17) is 0 Å². The van der Waals surface area contributed by atoms with E-state index >= 15 is 0 Å². The van der Waals surface area contributed by atoms with Crippen molar-refractivity contribution < 1.29 is 0 Å². The lowest BCUT2D eigenvalue weighted by molar-refractivity contribution is 0.548. The van der Waals surface area contributed by atoms with Gasteiger partial charge in [0.1, 0.15) is 11.6 Å². The summed E-state index contributed by atoms with van der Waals surface area (Å²) >= 11 is 0. The van der Waals surface area contributed by atoms with Crippen LogP contribution in [-0.4, -0.2) is 19.9 Å². The Hall–Kier alpha value is -1.58. The molecule has 0 atom stereocenters. The molecular formula is C18H30N4. The Morgan fingerprint density at radius 1 is 0.545 bits per heavy atom. The van der Waals surface area contributed by atoms with E-state index in [1.165, 1.54) is 64.2 Å². The molecule has 2 heterocycles. The van der Waals surface area contributed by atoms with Crippen LogP contribution in [0.3, 0.4) is 0 Å². The lowest BCUT2D eigenvalue weighted by atomic mass is 10.0. The number of imidazole rings is 2. The number of aromatic nitrogens is 4. The highest BCUT2D eigenvalue weighted by Crippen LogP contribution is 2.12. The number of nitrogens with zero attached hydrogens (tertiary/aromatic N) is 2. The molecule has 0 radical (unpaired) electrons. The van der Waals surface area contributed by atoms with E-state index in [2.05, 4.69) is 19.9 Å². The maximum atomic E-state index is 4.25. The maximum absolute atomic E-state index is 4.25. The third-order valence-corrected chi connectivity index (χ3v) is 4.19. The van der Waals surface area contributed by atoms with Crippen LogP contribution in [0.4, 0.5) is 0 Å². The first-order valence-corrected chi connectivity index (χ1v) is 8.91. The summed E-state index contributed by atoms with van der Waals surface area (Å²) in [6.45, 7) is 0. The minimum atomic E-state index is 1.10. The highest BCUT2D eigenvalue weighted by molar-refractivity contribution is 4.87. The fourth-order valence-electron chi connectivity index (χ4n) is 2.87. The molecule has 0 amide bonds. The van der Waals surface area contributed by atoms with Crippen LogP contribution in [-0.2, 0) is 12.8 Å². The molecule has 0 aliphatic rings. The summed E-state index contributed by atoms with van der Waals surface area (Å²) in [6.07, 6.45) is 23.2. The fraction of sp³-hybridized carbons (Fsp3) is 0.667. The number of H-pyrrole nitrogens is 2. The first kappa shape index (κ1) is 16.8. The zero-order valence-electron chi connectivity index (χ0n) is 13.7. The van der Waals surface area contributed by atoms with Crippen LogP contribution < -0.4 is 0 Å². The van der Waals surface area contributed by atoms with Crippen molar-refractivity contribution >= 4 is 0 Å². The van der Waals surface area contributed by atoms with Gasteiger partial charge in [0.25, 0.3) is 0 Å². The van der Waals surface area contributed by atoms with Gasteiger partial charge in [-0.25, -0.2) is 9.97 Å². The monoisotopic (exact) mass is 302 g/mol. The topological polar surface area (TPSA) is 57.4 Å². The maximum Gasteiger partial charge on any atom is 0.105 e. The van der Waals surface area contributed by atoms with Gasteiger partial charge < -0.3 is 9.97 Å². The summed E-state index contributed by atoms with van der Waals surface area (Å²) in [5.74, 6) is 2.27. The Kier molecular flexibility index (Phi) is 8.43. The second-order valence-electron chi connectivity index (χ2n) is 6.11. The average Bonchev–Trinajstić information content (AvgIpc) is 3.21. The van der Waals surface area contributed by atoms with E-state index in [1.807, 2.05) is 24.8 Å². The van der Waals surface area contributed by atoms with E-state index in [-0.39, 0.29) is 0 Å². The molecule has 4 nitrogen and oxygen atoms in total. The Morgan fingerprint density at radius 2 is 0.909 bits per heavy atom. The molecule has 0 spiro atoms. The summed E-state index contributed by atoms with van der Waals surface area (Å²) in [7, 11) is 0. The second kappa shape index (κ2) is 11.0. The quantitative estimate of drug-likeness (QED) is 0.521. The van der Waals surface area contributed by atoms with Gasteiger partial charge >= 0.3 is 0 Å². The number of hydrogen-bond donors (Lipinski definition) is 2. The molecule has 2 aromatic heterocycles. The van der Waals surface area contributed by atoms with Crippen LogP contribution in [0.2, 0.25) is 0 Å². The number of nitrogens with one attached hydrogen (secondary N) is 2. The summed E-state index contributed by atoms with van der Waals surface area (Å²) < 4.78 is 0. The SMILES string of the molecule is c1c[nH]c(CCCCCCCCCCCCc2ncc[nH]2)n1. The van der Waals surface area contributed by atoms with E-state index < -0.39 is 0 Å². The molecule has 22 heavy (non-hydrogen) atoms. The van der Waals surface area contributed by atoms with Gasteiger partial charge in [0.2, 0.25) is 0 Å². The van der Waals surface area contributed by atoms with Gasteiger partial charge in [-0.1, -0.05) is 51.4 Å². The van der Waals surface area contributed by atoms with Crippen molar-refractivity contribution in [3.05, 3.63) is 36.4 Å². The predicted molar refractivity (Wildman–Crippen MR) is 90.8 cm³/mol. The molecule has 0 fully saturated rings. The zero-order valence-corrected chi connectivity index (χ0v) is 13.7. The van der Waals surface area contributed by atoms with Crippen LogP contribution in [0.5, 0.6) is 0 Å². The van der Waals surface area contributed by atoms with Crippen LogP contribution >= 0.6 is 0 Å². The van der Waals surface area contributed by atoms with Crippen molar-refractivity contribution in [1.82, 2.24) is 19.9 Å². The lowest BCUT2D eigenvalue weighted by Gasteiger charge is -2.02. The molecule has 0 bridgehead atoms. The molecule has 0 unspecified atom stereocenters. The minimum Gasteiger partial charge on any atom is -0.349 e. The normalized spacial score (nSPS) is 11.1. The molecule has 0 aliphatic carbocycles. The number of hydrogen-bond acceptors (Lipinski definition) is 2. The van der Waals surface area contributed by atoms with E-state index in [1.54, 1.807) is 0 Å². The standard InChI is InChI=1S/C18H30N4/c1(3-5-7-9-11-17-19-13-14-20-17)2-4-6-8-10-12-18-21-15-16-22-18/h13-16H,1-12H2,(H,19,20)(H,21,22). The Balaban J connectivity index is 1.29. The van der Waals surface area contributed by atoms with Gasteiger partial charge in [0.15, 0.2) is 0 Å². The number of rotatable bonds is 13. The largest absolute Gasteiger partial charge is 0.349 e. The smallest absolute Gasteiger partial charge is 0.105 e. The molecular weight excluding hydrogens is 272 g/mol. The highest BCUT2D eigenvalue weighted by Gasteiger charge is 1.97. The van der Waals surface area contributed by atoms with Crippen molar-refractivity contribution in [3.63, 3.8) is 0 Å². The molecule has 0 saturated heterocycles. The van der Waals surface area contributed by atoms with Crippen LogP contribution in [0, 0.1) is 0 Å². The van der Waals surface area contributed by atoms with E-state index in [9.17, 15) is 0 Å². The van der Waals surface area contributed by atoms with Crippen molar-refractivity contribution in [2.45, 2.75) is 77.0 Å². The molecule has 0 aromatic carbocycles. The second-order valence-corrected chi connectivity index (χ2v) is 6.11. The average molecular weight is 302 g/mol. The molecule has 0 saturated carbocycles. The van der Waals surface area contributed by atoms with Gasteiger partial charge in [-0.15, -0.1) is 0 Å². The summed E-state index contributed by atoms with van der Waals surface area (Å²) in [5.41, 5.74) is 0. The molecule has 2 aromatic rings. The van der Waals surface area contributed by atoms with Crippen LogP contribution in [0.15, 0.2) is 24.8 Å². The molecule has 4 heteroatoms. The Bertz CT molecular complexity index is 403. The summed E-state index contributed by atoms with van der Waals surface area (Å²) in [6, 6.07) is 0. The van der Waals surface area contributed by atoms with Gasteiger partial charge in [-0.05, 0) is 12.8 Å². The number of unbranched alkanes of at least 4 members (excludes halogenated alkanes) is 9. The zero-order chi connectivity index (χ0) is 15.3. The van der Waals surface area contributed by atoms with Crippen LogP contribution in [0.1, 0.15) is 75.9 Å². The molecule has 122 valence electrons. The van der Waals surface area contributed by atoms with Crippen molar-refractivity contribution in [2.75, 3.05) is 0 Å². The van der Waals surface area contributed by atoms with Crippen LogP contribution in [0.25, 0.3) is 0 Å². The van der Waals surface area contributed by atoms with E-state index in [0.29, 0.717) is 0 Å². The Morgan fingerprint density at radius 3 is 1.23 bits per heavy atom. The minimum absolute atomic E-state index is 1.10. The third kappa shape index (κ3) is 7.43. The summed E-state index contributed by atoms with van der Waals surface area (Å²) in [4.78, 5) is 14.8. The summed E-state index contributed by atoms with van der Waals surface area (Å²) in [5, 5.41) is 0. The van der Waals surface area contributed by atoms with Crippen molar-refractivity contribution in [1.29, 1.82) is 0 Å². The van der Waals surface area contributed by atoms with Gasteiger partial charge in [-0.3, -0.25) is 0 Å². The highest BCUT2D eigenvalue weighted by atomic mass is 14.9. The number of aryl methyl sites for hydroxylation is 2. The van der Waals surface area contributed by atoms with E-state index in [0.717, 1.165) is 24.5 Å². The molecule has 2 N–H and O–H groups in total. The van der Waals surface area contributed by atoms with Gasteiger partial charge in [0.05, 0.1) is 0 Å². The predicted octanol–water partition coefficient (Wildman–Crippen LogP) is 4.82. The molecule has 0 aliphatic heterocycles. The lowest BCUT2D eigenvalue weighted by Crippen LogP contribution is -1.89. The van der Waals surface area contributed by atoms with Crippen molar-refractivity contribution in [3.8, 4) is 0 Å². The fourth-order valence-corrected chi connectivity index (χ4v) is 2.87. The Labute approximate surface area is 134 Å². The van der Waals surface area contributed by atoms with Gasteiger partial charge in [0, 0.05) is 37.6 Å². The molecule has 2 rings (SSSR count). The van der Waals surface area contributed by atoms with Crippen molar-refractivity contribution in [2.24, 2.45) is 0 Å². The van der Waals surface area contributed by atoms with Gasteiger partial charge in [-0.2, -0.15) is 0 Å². The third-order valence-electron chi connectivity index (χ3n) is 4.19.